The van der Waals surface area contributed by atoms with Crippen LogP contribution in [0.15, 0.2) is 60.7 Å². The summed E-state index contributed by atoms with van der Waals surface area (Å²) < 4.78 is 0. The largest absolute Gasteiger partial charge is 0.0728 e. The summed E-state index contributed by atoms with van der Waals surface area (Å²) in [6.07, 6.45) is 5.65. The Balaban J connectivity index is 2.40. The first-order chi connectivity index (χ1) is 9.43. The number of fused-ring (bicyclic) bond motifs is 4. The molecule has 19 heavy (non-hydrogen) atoms. The Morgan fingerprint density at radius 1 is 0.632 bits per heavy atom. The quantitative estimate of drug-likeness (QED) is 0.568. The molecular formula is C19H14. The van der Waals surface area contributed by atoms with Gasteiger partial charge in [-0.05, 0) is 38.1 Å². The van der Waals surface area contributed by atoms with Gasteiger partial charge in [-0.1, -0.05) is 72.8 Å². The van der Waals surface area contributed by atoms with Crippen LogP contribution >= 0.6 is 0 Å². The SMILES string of the molecule is C1=c2ccccc2=c2ccc3ccccc3c2=CC1. The summed E-state index contributed by atoms with van der Waals surface area (Å²) >= 11 is 0. The highest BCUT2D eigenvalue weighted by atomic mass is 14.0. The molecule has 90 valence electrons. The lowest BCUT2D eigenvalue weighted by molar-refractivity contribution is 1.43. The predicted octanol–water partition coefficient (Wildman–Crippen LogP) is 3.09. The number of rotatable bonds is 0. The smallest absolute Gasteiger partial charge is 0.0102 e. The molecule has 0 radical (unpaired) electrons. The van der Waals surface area contributed by atoms with Gasteiger partial charge in [-0.25, -0.2) is 0 Å². The van der Waals surface area contributed by atoms with E-state index in [0.29, 0.717) is 0 Å². The van der Waals surface area contributed by atoms with Gasteiger partial charge in [0.15, 0.2) is 0 Å². The summed E-state index contributed by atoms with van der Waals surface area (Å²) in [5.74, 6) is 0. The first-order valence-electron chi connectivity index (χ1n) is 6.71. The molecule has 0 heteroatoms. The van der Waals surface area contributed by atoms with Crippen LogP contribution in [0.25, 0.3) is 22.9 Å². The maximum absolute atomic E-state index is 2.34. The molecule has 0 nitrogen and oxygen atoms in total. The second-order valence-corrected chi connectivity index (χ2v) is 4.98. The second kappa shape index (κ2) is 4.10. The monoisotopic (exact) mass is 242 g/mol. The van der Waals surface area contributed by atoms with Crippen molar-refractivity contribution < 1.29 is 0 Å². The summed E-state index contributed by atoms with van der Waals surface area (Å²) in [5.41, 5.74) is 0. The molecule has 0 aliphatic heterocycles. The molecule has 0 saturated heterocycles. The maximum atomic E-state index is 2.34. The number of benzene rings is 3. The van der Waals surface area contributed by atoms with Gasteiger partial charge in [-0.3, -0.25) is 0 Å². The Hall–Kier alpha value is -2.34. The van der Waals surface area contributed by atoms with Crippen molar-refractivity contribution in [2.45, 2.75) is 6.42 Å². The van der Waals surface area contributed by atoms with E-state index in [2.05, 4.69) is 72.8 Å². The van der Waals surface area contributed by atoms with Crippen LogP contribution in [0.1, 0.15) is 6.42 Å². The Morgan fingerprint density at radius 3 is 2.47 bits per heavy atom. The molecule has 1 aliphatic rings. The van der Waals surface area contributed by atoms with Crippen molar-refractivity contribution in [1.29, 1.82) is 0 Å². The average Bonchev–Trinajstić information content (AvgIpc) is 2.66. The third-order valence-electron chi connectivity index (χ3n) is 3.88. The lowest BCUT2D eigenvalue weighted by Crippen LogP contribution is -2.07. The van der Waals surface area contributed by atoms with Crippen molar-refractivity contribution in [1.82, 2.24) is 0 Å². The highest BCUT2D eigenvalue weighted by Crippen LogP contribution is 2.10. The molecule has 0 N–H and O–H groups in total. The zero-order valence-corrected chi connectivity index (χ0v) is 10.6. The van der Waals surface area contributed by atoms with Gasteiger partial charge in [0.05, 0.1) is 0 Å². The highest BCUT2D eigenvalue weighted by Gasteiger charge is 1.99. The standard InChI is InChI=1S/C19H14/c1-3-9-16-14(6-1)8-5-11-18-17-10-4-2-7-15(17)12-13-19(16)18/h1-4,6-13H,5H2. The van der Waals surface area contributed by atoms with Crippen LogP contribution in [0.5, 0.6) is 0 Å². The van der Waals surface area contributed by atoms with Gasteiger partial charge in [0.1, 0.15) is 0 Å². The van der Waals surface area contributed by atoms with Crippen molar-refractivity contribution in [3.05, 3.63) is 81.5 Å². The van der Waals surface area contributed by atoms with Gasteiger partial charge in [0, 0.05) is 0 Å². The molecule has 0 saturated carbocycles. The number of hydrogen-bond acceptors (Lipinski definition) is 0. The zero-order chi connectivity index (χ0) is 12.7. The molecule has 0 unspecified atom stereocenters. The van der Waals surface area contributed by atoms with E-state index in [-0.39, 0.29) is 0 Å². The molecule has 4 rings (SSSR count). The lowest BCUT2D eigenvalue weighted by Gasteiger charge is -1.99. The number of hydrogen-bond donors (Lipinski definition) is 0. The van der Waals surface area contributed by atoms with Crippen molar-refractivity contribution in [2.24, 2.45) is 0 Å². The van der Waals surface area contributed by atoms with E-state index >= 15 is 0 Å². The zero-order valence-electron chi connectivity index (χ0n) is 10.6. The molecule has 0 atom stereocenters. The van der Waals surface area contributed by atoms with Crippen molar-refractivity contribution in [3.8, 4) is 0 Å². The van der Waals surface area contributed by atoms with Crippen LogP contribution in [0.2, 0.25) is 0 Å². The van der Waals surface area contributed by atoms with Crippen molar-refractivity contribution in [2.75, 3.05) is 0 Å². The summed E-state index contributed by atoms with van der Waals surface area (Å²) in [6.45, 7) is 0. The molecule has 0 heterocycles. The fraction of sp³-hybridized carbons (Fsp3) is 0.0526. The molecule has 0 bridgehead atoms. The second-order valence-electron chi connectivity index (χ2n) is 4.98. The van der Waals surface area contributed by atoms with Gasteiger partial charge < -0.3 is 0 Å². The molecule has 3 aromatic carbocycles. The fourth-order valence-corrected chi connectivity index (χ4v) is 2.97. The summed E-state index contributed by atoms with van der Waals surface area (Å²) in [6, 6.07) is 21.8. The average molecular weight is 242 g/mol. The summed E-state index contributed by atoms with van der Waals surface area (Å²) in [7, 11) is 0. The van der Waals surface area contributed by atoms with Crippen molar-refractivity contribution >= 4 is 22.9 Å². The Kier molecular flexibility index (Phi) is 2.28. The van der Waals surface area contributed by atoms with Crippen molar-refractivity contribution in [3.63, 3.8) is 0 Å². The molecule has 0 amide bonds. The molecule has 3 aromatic rings. The van der Waals surface area contributed by atoms with Crippen LogP contribution in [0, 0.1) is 10.4 Å². The van der Waals surface area contributed by atoms with E-state index in [1.165, 1.54) is 31.6 Å². The Morgan fingerprint density at radius 2 is 1.47 bits per heavy atom. The molecule has 0 aromatic heterocycles. The maximum Gasteiger partial charge on any atom is -0.0102 e. The van der Waals surface area contributed by atoms with Gasteiger partial charge in [0.25, 0.3) is 0 Å². The van der Waals surface area contributed by atoms with Gasteiger partial charge >= 0.3 is 0 Å². The molecular weight excluding hydrogens is 228 g/mol. The van der Waals surface area contributed by atoms with E-state index in [9.17, 15) is 0 Å². The third kappa shape index (κ3) is 1.61. The minimum absolute atomic E-state index is 0.998. The predicted molar refractivity (Wildman–Crippen MR) is 80.9 cm³/mol. The summed E-state index contributed by atoms with van der Waals surface area (Å²) in [5, 5.41) is 8.08. The Bertz CT molecular complexity index is 978. The van der Waals surface area contributed by atoms with Gasteiger partial charge in [-0.15, -0.1) is 0 Å². The van der Waals surface area contributed by atoms with Crippen LogP contribution in [-0.4, -0.2) is 0 Å². The van der Waals surface area contributed by atoms with E-state index in [0.717, 1.165) is 6.42 Å². The first-order valence-corrected chi connectivity index (χ1v) is 6.71. The van der Waals surface area contributed by atoms with E-state index in [1.807, 2.05) is 0 Å². The highest BCUT2D eigenvalue weighted by molar-refractivity contribution is 5.84. The minimum atomic E-state index is 0.998. The van der Waals surface area contributed by atoms with Crippen LogP contribution in [0.3, 0.4) is 0 Å². The fourth-order valence-electron chi connectivity index (χ4n) is 2.97. The normalized spacial score (nSPS) is 12.8. The summed E-state index contributed by atoms with van der Waals surface area (Å²) in [4.78, 5) is 0. The van der Waals surface area contributed by atoms with Crippen LogP contribution < -0.4 is 10.4 Å². The molecule has 0 fully saturated rings. The van der Waals surface area contributed by atoms with Crippen LogP contribution in [-0.2, 0) is 0 Å². The Labute approximate surface area is 111 Å². The minimum Gasteiger partial charge on any atom is -0.0728 e. The van der Waals surface area contributed by atoms with Gasteiger partial charge in [0.2, 0.25) is 0 Å². The van der Waals surface area contributed by atoms with E-state index in [4.69, 9.17) is 0 Å². The van der Waals surface area contributed by atoms with E-state index in [1.54, 1.807) is 0 Å². The molecule has 0 spiro atoms. The lowest BCUT2D eigenvalue weighted by atomic mass is 10.0. The van der Waals surface area contributed by atoms with Crippen LogP contribution in [0.4, 0.5) is 0 Å². The van der Waals surface area contributed by atoms with E-state index < -0.39 is 0 Å². The first kappa shape index (κ1) is 10.6. The molecule has 1 aliphatic carbocycles. The third-order valence-corrected chi connectivity index (χ3v) is 3.88. The topological polar surface area (TPSA) is 0 Å². The van der Waals surface area contributed by atoms with Gasteiger partial charge in [-0.2, -0.15) is 0 Å².